The minimum Gasteiger partial charge on any atom is -0.497 e. The Labute approximate surface area is 130 Å². The normalized spacial score (nSPS) is 14.2. The van der Waals surface area contributed by atoms with Gasteiger partial charge in [-0.25, -0.2) is 0 Å². The second-order valence-electron chi connectivity index (χ2n) is 5.52. The van der Waals surface area contributed by atoms with Crippen LogP contribution in [0, 0.1) is 6.92 Å². The lowest BCUT2D eigenvalue weighted by Crippen LogP contribution is -2.15. The van der Waals surface area contributed by atoms with Crippen molar-refractivity contribution in [2.24, 2.45) is 0 Å². The Morgan fingerprint density at radius 1 is 1.10 bits per heavy atom. The van der Waals surface area contributed by atoms with E-state index in [4.69, 9.17) is 4.74 Å². The number of ether oxygens (including phenoxy) is 1. The summed E-state index contributed by atoms with van der Waals surface area (Å²) in [4.78, 5) is 2.52. The maximum Gasteiger partial charge on any atom is 0.118 e. The zero-order valence-electron chi connectivity index (χ0n) is 12.6. The summed E-state index contributed by atoms with van der Waals surface area (Å²) in [6.07, 6.45) is 2.68. The van der Waals surface area contributed by atoms with Crippen LogP contribution in [0.5, 0.6) is 5.75 Å². The summed E-state index contributed by atoms with van der Waals surface area (Å²) in [5.74, 6) is 0.900. The summed E-state index contributed by atoms with van der Waals surface area (Å²) in [7, 11) is 1.69. The smallest absolute Gasteiger partial charge is 0.118 e. The Bertz CT molecular complexity index is 605. The molecule has 0 atom stereocenters. The number of hydrogen-bond donors (Lipinski definition) is 1. The highest BCUT2D eigenvalue weighted by molar-refractivity contribution is 7.99. The fourth-order valence-corrected chi connectivity index (χ4v) is 3.17. The molecule has 110 valence electrons. The number of rotatable bonds is 6. The first-order valence-electron chi connectivity index (χ1n) is 7.39. The van der Waals surface area contributed by atoms with Gasteiger partial charge in [-0.15, -0.1) is 0 Å². The standard InChI is InChI=1S/C18H21NOS/c1-13-11-18(8-3-14(13)12-19-15-4-5-15)21-17-9-6-16(20-2)7-10-17/h3,6-11,15,19H,4-5,12H2,1-2H3. The molecule has 21 heavy (non-hydrogen) atoms. The van der Waals surface area contributed by atoms with Gasteiger partial charge in [-0.3, -0.25) is 0 Å². The van der Waals surface area contributed by atoms with Gasteiger partial charge < -0.3 is 10.1 Å². The molecule has 2 nitrogen and oxygen atoms in total. The molecule has 0 saturated heterocycles. The molecule has 3 rings (SSSR count). The minimum atomic E-state index is 0.762. The Morgan fingerprint density at radius 3 is 2.43 bits per heavy atom. The second-order valence-corrected chi connectivity index (χ2v) is 6.67. The monoisotopic (exact) mass is 299 g/mol. The molecule has 0 radical (unpaired) electrons. The summed E-state index contributed by atoms with van der Waals surface area (Å²) in [5, 5.41) is 3.57. The van der Waals surface area contributed by atoms with Crippen LogP contribution in [0.1, 0.15) is 24.0 Å². The molecule has 1 N–H and O–H groups in total. The molecule has 0 aliphatic heterocycles. The van der Waals surface area contributed by atoms with E-state index in [9.17, 15) is 0 Å². The number of aryl methyl sites for hydroxylation is 1. The zero-order valence-corrected chi connectivity index (χ0v) is 13.4. The van der Waals surface area contributed by atoms with E-state index in [0.717, 1.165) is 18.3 Å². The molecule has 0 unspecified atom stereocenters. The van der Waals surface area contributed by atoms with E-state index < -0.39 is 0 Å². The van der Waals surface area contributed by atoms with Crippen LogP contribution in [0.15, 0.2) is 52.3 Å². The molecule has 2 aromatic rings. The maximum absolute atomic E-state index is 5.19. The van der Waals surface area contributed by atoms with Crippen molar-refractivity contribution in [1.82, 2.24) is 5.32 Å². The molecule has 1 saturated carbocycles. The van der Waals surface area contributed by atoms with Crippen LogP contribution in [0.2, 0.25) is 0 Å². The molecule has 0 spiro atoms. The first kappa shape index (κ1) is 14.5. The lowest BCUT2D eigenvalue weighted by atomic mass is 10.1. The van der Waals surface area contributed by atoms with Crippen molar-refractivity contribution >= 4 is 11.8 Å². The summed E-state index contributed by atoms with van der Waals surface area (Å²) in [5.41, 5.74) is 2.77. The number of hydrogen-bond acceptors (Lipinski definition) is 3. The third-order valence-electron chi connectivity index (χ3n) is 3.77. The Balaban J connectivity index is 1.65. The summed E-state index contributed by atoms with van der Waals surface area (Å²) in [6, 6.07) is 15.7. The molecule has 1 fully saturated rings. The molecule has 0 amide bonds. The van der Waals surface area contributed by atoms with Crippen molar-refractivity contribution < 1.29 is 4.74 Å². The molecule has 0 heterocycles. The summed E-state index contributed by atoms with van der Waals surface area (Å²) in [6.45, 7) is 3.19. The highest BCUT2D eigenvalue weighted by atomic mass is 32.2. The van der Waals surface area contributed by atoms with Crippen molar-refractivity contribution in [3.8, 4) is 5.75 Å². The van der Waals surface area contributed by atoms with Gasteiger partial charge in [-0.05, 0) is 67.3 Å². The topological polar surface area (TPSA) is 21.3 Å². The SMILES string of the molecule is COc1ccc(Sc2ccc(CNC3CC3)c(C)c2)cc1. The van der Waals surface area contributed by atoms with E-state index in [1.54, 1.807) is 18.9 Å². The van der Waals surface area contributed by atoms with Crippen molar-refractivity contribution in [3.05, 3.63) is 53.6 Å². The first-order chi connectivity index (χ1) is 10.2. The third kappa shape index (κ3) is 4.02. The van der Waals surface area contributed by atoms with Gasteiger partial charge in [0.15, 0.2) is 0 Å². The van der Waals surface area contributed by atoms with E-state index in [0.29, 0.717) is 0 Å². The zero-order chi connectivity index (χ0) is 14.7. The van der Waals surface area contributed by atoms with Gasteiger partial charge in [0.2, 0.25) is 0 Å². The Hall–Kier alpha value is -1.45. The lowest BCUT2D eigenvalue weighted by molar-refractivity contribution is 0.414. The Kier molecular flexibility index (Phi) is 4.51. The average Bonchev–Trinajstić information content (AvgIpc) is 3.31. The number of benzene rings is 2. The quantitative estimate of drug-likeness (QED) is 0.854. The second kappa shape index (κ2) is 6.54. The van der Waals surface area contributed by atoms with Crippen molar-refractivity contribution in [2.75, 3.05) is 7.11 Å². The number of methoxy groups -OCH3 is 1. The maximum atomic E-state index is 5.19. The number of nitrogens with one attached hydrogen (secondary N) is 1. The predicted octanol–water partition coefficient (Wildman–Crippen LogP) is 4.41. The lowest BCUT2D eigenvalue weighted by Gasteiger charge is -2.09. The van der Waals surface area contributed by atoms with E-state index in [-0.39, 0.29) is 0 Å². The molecular weight excluding hydrogens is 278 g/mol. The highest BCUT2D eigenvalue weighted by Crippen LogP contribution is 2.30. The van der Waals surface area contributed by atoms with Gasteiger partial charge in [0.25, 0.3) is 0 Å². The van der Waals surface area contributed by atoms with E-state index in [1.165, 1.54) is 33.8 Å². The van der Waals surface area contributed by atoms with Crippen LogP contribution in [-0.4, -0.2) is 13.2 Å². The third-order valence-corrected chi connectivity index (χ3v) is 4.77. The van der Waals surface area contributed by atoms with Crippen molar-refractivity contribution in [3.63, 3.8) is 0 Å². The average molecular weight is 299 g/mol. The van der Waals surface area contributed by atoms with Crippen LogP contribution in [0.3, 0.4) is 0 Å². The molecular formula is C18H21NOS. The van der Waals surface area contributed by atoms with Crippen LogP contribution in [-0.2, 0) is 6.54 Å². The van der Waals surface area contributed by atoms with Gasteiger partial charge in [0.1, 0.15) is 5.75 Å². The highest BCUT2D eigenvalue weighted by Gasteiger charge is 2.20. The van der Waals surface area contributed by atoms with Crippen LogP contribution in [0.25, 0.3) is 0 Å². The van der Waals surface area contributed by atoms with E-state index in [2.05, 4.69) is 42.6 Å². The van der Waals surface area contributed by atoms with Gasteiger partial charge in [-0.2, -0.15) is 0 Å². The van der Waals surface area contributed by atoms with Gasteiger partial charge in [0, 0.05) is 22.4 Å². The van der Waals surface area contributed by atoms with Crippen molar-refractivity contribution in [2.45, 2.75) is 42.1 Å². The van der Waals surface area contributed by atoms with Gasteiger partial charge in [-0.1, -0.05) is 17.8 Å². The van der Waals surface area contributed by atoms with Crippen molar-refractivity contribution in [1.29, 1.82) is 0 Å². The molecule has 1 aliphatic rings. The molecule has 3 heteroatoms. The summed E-state index contributed by atoms with van der Waals surface area (Å²) < 4.78 is 5.19. The first-order valence-corrected chi connectivity index (χ1v) is 8.21. The predicted molar refractivity (Wildman–Crippen MR) is 88.2 cm³/mol. The molecule has 0 bridgehead atoms. The molecule has 2 aromatic carbocycles. The van der Waals surface area contributed by atoms with Gasteiger partial charge >= 0.3 is 0 Å². The molecule has 0 aromatic heterocycles. The van der Waals surface area contributed by atoms with E-state index in [1.807, 2.05) is 12.1 Å². The fourth-order valence-electron chi connectivity index (χ4n) is 2.25. The summed E-state index contributed by atoms with van der Waals surface area (Å²) >= 11 is 1.79. The minimum absolute atomic E-state index is 0.762. The van der Waals surface area contributed by atoms with E-state index >= 15 is 0 Å². The Morgan fingerprint density at radius 2 is 1.81 bits per heavy atom. The fraction of sp³-hybridized carbons (Fsp3) is 0.333. The van der Waals surface area contributed by atoms with Crippen LogP contribution < -0.4 is 10.1 Å². The largest absolute Gasteiger partial charge is 0.497 e. The van der Waals surface area contributed by atoms with Crippen LogP contribution >= 0.6 is 11.8 Å². The van der Waals surface area contributed by atoms with Crippen LogP contribution in [0.4, 0.5) is 0 Å². The van der Waals surface area contributed by atoms with Gasteiger partial charge in [0.05, 0.1) is 7.11 Å². The molecule has 1 aliphatic carbocycles.